The van der Waals surface area contributed by atoms with E-state index >= 15 is 0 Å². The lowest BCUT2D eigenvalue weighted by molar-refractivity contribution is 0.0957. The first-order chi connectivity index (χ1) is 13.6. The number of nitrogens with zero attached hydrogens (tertiary/aromatic N) is 2. The van der Waals surface area contributed by atoms with Gasteiger partial charge in [0.25, 0.3) is 5.91 Å². The number of aromatic nitrogens is 1. The van der Waals surface area contributed by atoms with Crippen LogP contribution in [-0.2, 0) is 0 Å². The summed E-state index contributed by atoms with van der Waals surface area (Å²) in [7, 11) is 0. The maximum Gasteiger partial charge on any atom is 0.272 e. The molecule has 4 aromatic rings. The van der Waals surface area contributed by atoms with Crippen LogP contribution < -0.4 is 5.43 Å². The molecule has 7 heteroatoms. The number of benzene rings is 2. The number of hydrazone groups is 1. The fourth-order valence-electron chi connectivity index (χ4n) is 2.75. The summed E-state index contributed by atoms with van der Waals surface area (Å²) in [5.74, 6) is -0.312. The van der Waals surface area contributed by atoms with Crippen molar-refractivity contribution in [3.05, 3.63) is 86.5 Å². The van der Waals surface area contributed by atoms with Crippen molar-refractivity contribution >= 4 is 57.6 Å². The van der Waals surface area contributed by atoms with Gasteiger partial charge in [0.2, 0.25) is 0 Å². The lowest BCUT2D eigenvalue weighted by Gasteiger charge is -2.09. The molecule has 4 rings (SSSR count). The Morgan fingerprint density at radius 2 is 1.89 bits per heavy atom. The van der Waals surface area contributed by atoms with Gasteiger partial charge in [0, 0.05) is 15.8 Å². The number of hydrogen-bond donors (Lipinski definition) is 1. The predicted octanol–water partition coefficient (Wildman–Crippen LogP) is 6.03. The van der Waals surface area contributed by atoms with Gasteiger partial charge in [-0.1, -0.05) is 53.5 Å². The zero-order valence-corrected chi connectivity index (χ0v) is 16.7. The summed E-state index contributed by atoms with van der Waals surface area (Å²) in [6.07, 6.45) is 1.62. The highest BCUT2D eigenvalue weighted by atomic mass is 35.5. The van der Waals surface area contributed by atoms with Crippen LogP contribution in [0.5, 0.6) is 0 Å². The Balaban J connectivity index is 1.73. The van der Waals surface area contributed by atoms with Crippen molar-refractivity contribution in [3.63, 3.8) is 0 Å². The molecule has 0 aliphatic carbocycles. The molecule has 28 heavy (non-hydrogen) atoms. The number of hydrogen-bond acceptors (Lipinski definition) is 4. The first-order valence-corrected chi connectivity index (χ1v) is 9.97. The molecule has 0 bridgehead atoms. The normalized spacial score (nSPS) is 11.2. The summed E-state index contributed by atoms with van der Waals surface area (Å²) in [5.41, 5.74) is 5.18. The minimum Gasteiger partial charge on any atom is -0.267 e. The van der Waals surface area contributed by atoms with E-state index in [1.165, 1.54) is 0 Å². The molecule has 2 aromatic heterocycles. The predicted molar refractivity (Wildman–Crippen MR) is 117 cm³/mol. The van der Waals surface area contributed by atoms with E-state index < -0.39 is 0 Å². The first-order valence-electron chi connectivity index (χ1n) is 8.34. The number of pyridine rings is 1. The molecule has 0 aliphatic heterocycles. The fourth-order valence-corrected chi connectivity index (χ4v) is 3.63. The average Bonchev–Trinajstić information content (AvgIpc) is 3.22. The average molecular weight is 426 g/mol. The lowest BCUT2D eigenvalue weighted by Crippen LogP contribution is -2.18. The Morgan fingerprint density at radius 3 is 2.68 bits per heavy atom. The van der Waals surface area contributed by atoms with Crippen LogP contribution >= 0.6 is 34.5 Å². The van der Waals surface area contributed by atoms with Crippen molar-refractivity contribution in [3.8, 4) is 11.3 Å². The van der Waals surface area contributed by atoms with Crippen LogP contribution in [0.15, 0.2) is 71.1 Å². The number of rotatable bonds is 4. The van der Waals surface area contributed by atoms with E-state index in [4.69, 9.17) is 23.2 Å². The van der Waals surface area contributed by atoms with Gasteiger partial charge in [0.05, 0.1) is 33.0 Å². The number of carbonyl (C=O) groups excluding carboxylic acids is 1. The molecule has 4 nitrogen and oxygen atoms in total. The highest BCUT2D eigenvalue weighted by Crippen LogP contribution is 2.30. The van der Waals surface area contributed by atoms with E-state index in [1.54, 1.807) is 35.8 Å². The second kappa shape index (κ2) is 8.10. The molecular weight excluding hydrogens is 413 g/mol. The Labute approximate surface area is 175 Å². The maximum atomic E-state index is 12.8. The largest absolute Gasteiger partial charge is 0.272 e. The highest BCUT2D eigenvalue weighted by Gasteiger charge is 2.14. The zero-order valence-electron chi connectivity index (χ0n) is 14.4. The Hall–Kier alpha value is -2.73. The van der Waals surface area contributed by atoms with Gasteiger partial charge in [0.1, 0.15) is 0 Å². The fraction of sp³-hybridized carbons (Fsp3) is 0. The van der Waals surface area contributed by atoms with E-state index in [0.717, 1.165) is 15.8 Å². The Morgan fingerprint density at radius 1 is 1.04 bits per heavy atom. The van der Waals surface area contributed by atoms with Crippen molar-refractivity contribution < 1.29 is 4.79 Å². The number of thiophene rings is 1. The number of para-hydroxylation sites is 1. The third-order valence-corrected chi connectivity index (χ3v) is 5.62. The summed E-state index contributed by atoms with van der Waals surface area (Å²) >= 11 is 13.7. The van der Waals surface area contributed by atoms with E-state index in [2.05, 4.69) is 15.5 Å². The number of amides is 1. The van der Waals surface area contributed by atoms with Gasteiger partial charge < -0.3 is 0 Å². The molecule has 0 radical (unpaired) electrons. The Kier molecular flexibility index (Phi) is 5.39. The summed E-state index contributed by atoms with van der Waals surface area (Å²) in [6, 6.07) is 18.3. The van der Waals surface area contributed by atoms with Crippen LogP contribution in [0.1, 0.15) is 15.2 Å². The molecule has 0 spiro atoms. The highest BCUT2D eigenvalue weighted by molar-refractivity contribution is 7.11. The quantitative estimate of drug-likeness (QED) is 0.320. The van der Waals surface area contributed by atoms with Gasteiger partial charge in [-0.15, -0.1) is 11.3 Å². The zero-order chi connectivity index (χ0) is 19.5. The van der Waals surface area contributed by atoms with E-state index in [1.807, 2.05) is 47.8 Å². The van der Waals surface area contributed by atoms with Crippen LogP contribution in [-0.4, -0.2) is 17.1 Å². The Bertz CT molecular complexity index is 1190. The second-order valence-corrected chi connectivity index (χ2v) is 7.71. The van der Waals surface area contributed by atoms with Crippen molar-refractivity contribution in [1.82, 2.24) is 10.4 Å². The molecule has 0 atom stereocenters. The number of fused-ring (bicyclic) bond motifs is 1. The molecule has 1 amide bonds. The van der Waals surface area contributed by atoms with Crippen LogP contribution in [0, 0.1) is 0 Å². The van der Waals surface area contributed by atoms with Gasteiger partial charge in [-0.05, 0) is 35.7 Å². The number of nitrogens with one attached hydrogen (secondary N) is 1. The molecular formula is C21H13Cl2N3OS. The minimum absolute atomic E-state index is 0.312. The standard InChI is InChI=1S/C21H13Cl2N3OS/c22-17-8-7-13(10-18(17)23)20-11-16(15-5-1-2-6-19(15)25-20)21(27)26-24-12-14-4-3-9-28-14/h1-12H,(H,26,27)/b24-12+. The minimum atomic E-state index is -0.312. The van der Waals surface area contributed by atoms with Gasteiger partial charge >= 0.3 is 0 Å². The van der Waals surface area contributed by atoms with Gasteiger partial charge in [-0.3, -0.25) is 4.79 Å². The molecule has 0 unspecified atom stereocenters. The number of carbonyl (C=O) groups is 1. The molecule has 0 fully saturated rings. The monoisotopic (exact) mass is 425 g/mol. The molecule has 0 saturated carbocycles. The van der Waals surface area contributed by atoms with E-state index in [-0.39, 0.29) is 5.91 Å². The molecule has 138 valence electrons. The van der Waals surface area contributed by atoms with Crippen LogP contribution in [0.25, 0.3) is 22.2 Å². The summed E-state index contributed by atoms with van der Waals surface area (Å²) in [5, 5.41) is 7.64. The number of halogens is 2. The van der Waals surface area contributed by atoms with Gasteiger partial charge in [-0.25, -0.2) is 10.4 Å². The van der Waals surface area contributed by atoms with Crippen molar-refractivity contribution in [2.75, 3.05) is 0 Å². The molecule has 2 aromatic carbocycles. The second-order valence-electron chi connectivity index (χ2n) is 5.92. The third-order valence-electron chi connectivity index (χ3n) is 4.08. The van der Waals surface area contributed by atoms with Crippen LogP contribution in [0.2, 0.25) is 10.0 Å². The van der Waals surface area contributed by atoms with Gasteiger partial charge in [-0.2, -0.15) is 5.10 Å². The SMILES string of the molecule is O=C(N/N=C/c1cccs1)c1cc(-c2ccc(Cl)c(Cl)c2)nc2ccccc12. The molecule has 1 N–H and O–H groups in total. The molecule has 0 saturated heterocycles. The third kappa shape index (κ3) is 3.92. The lowest BCUT2D eigenvalue weighted by atomic mass is 10.0. The first kappa shape index (κ1) is 18.6. The van der Waals surface area contributed by atoms with Crippen molar-refractivity contribution in [1.29, 1.82) is 0 Å². The van der Waals surface area contributed by atoms with Crippen molar-refractivity contribution in [2.45, 2.75) is 0 Å². The van der Waals surface area contributed by atoms with Crippen LogP contribution in [0.3, 0.4) is 0 Å². The smallest absolute Gasteiger partial charge is 0.267 e. The van der Waals surface area contributed by atoms with E-state index in [0.29, 0.717) is 26.8 Å². The summed E-state index contributed by atoms with van der Waals surface area (Å²) in [4.78, 5) is 18.4. The summed E-state index contributed by atoms with van der Waals surface area (Å²) < 4.78 is 0. The van der Waals surface area contributed by atoms with Crippen molar-refractivity contribution in [2.24, 2.45) is 5.10 Å². The molecule has 0 aliphatic rings. The summed E-state index contributed by atoms with van der Waals surface area (Å²) in [6.45, 7) is 0. The van der Waals surface area contributed by atoms with Gasteiger partial charge in [0.15, 0.2) is 0 Å². The maximum absolute atomic E-state index is 12.8. The van der Waals surface area contributed by atoms with E-state index in [9.17, 15) is 4.79 Å². The topological polar surface area (TPSA) is 54.4 Å². The van der Waals surface area contributed by atoms with Crippen LogP contribution in [0.4, 0.5) is 0 Å². The molecule has 2 heterocycles.